The molecule has 102 valence electrons. The van der Waals surface area contributed by atoms with Crippen molar-refractivity contribution in [1.29, 1.82) is 0 Å². The molecule has 0 aliphatic carbocycles. The van der Waals surface area contributed by atoms with Crippen molar-refractivity contribution < 1.29 is 0 Å². The Morgan fingerprint density at radius 3 is 2.84 bits per heavy atom. The second-order valence-electron chi connectivity index (χ2n) is 4.73. The number of aromatic nitrogens is 2. The largest absolute Gasteiger partial charge is 0.313 e. The topological polar surface area (TPSA) is 29.9 Å². The average molecular weight is 369 g/mol. The third kappa shape index (κ3) is 3.36. The van der Waals surface area contributed by atoms with Crippen LogP contribution in [0.4, 0.5) is 0 Å². The molecule has 0 saturated carbocycles. The van der Waals surface area contributed by atoms with Crippen molar-refractivity contribution in [3.8, 4) is 0 Å². The second-order valence-corrected chi connectivity index (χ2v) is 5.81. The van der Waals surface area contributed by atoms with Crippen LogP contribution in [0.25, 0.3) is 0 Å². The minimum Gasteiger partial charge on any atom is -0.313 e. The van der Waals surface area contributed by atoms with Gasteiger partial charge in [-0.1, -0.05) is 18.2 Å². The van der Waals surface area contributed by atoms with Gasteiger partial charge in [-0.25, -0.2) is 0 Å². The Hall–Kier alpha value is -0.880. The van der Waals surface area contributed by atoms with Crippen molar-refractivity contribution in [2.75, 3.05) is 7.05 Å². The maximum atomic E-state index is 4.34. The molecule has 1 atom stereocenters. The highest BCUT2D eigenvalue weighted by molar-refractivity contribution is 14.1. The van der Waals surface area contributed by atoms with Crippen LogP contribution >= 0.6 is 22.6 Å². The predicted molar refractivity (Wildman–Crippen MR) is 87.3 cm³/mol. The molecule has 0 aliphatic rings. The highest BCUT2D eigenvalue weighted by Crippen LogP contribution is 2.25. The zero-order valence-corrected chi connectivity index (χ0v) is 13.8. The summed E-state index contributed by atoms with van der Waals surface area (Å²) in [5.41, 5.74) is 3.98. The Bertz CT molecular complexity index is 548. The summed E-state index contributed by atoms with van der Waals surface area (Å²) in [6.45, 7) is 5.19. The standard InChI is InChI=1S/C15H20IN3/c1-4-19-10-12(9-18-19)8-14(17-3)13-7-5-6-11(2)15(13)16/h5-7,9-10,14,17H,4,8H2,1-3H3. The highest BCUT2D eigenvalue weighted by Gasteiger charge is 2.15. The predicted octanol–water partition coefficient (Wildman–Crippen LogP) is 3.32. The first-order chi connectivity index (χ1) is 9.15. The molecule has 1 aromatic heterocycles. The molecular formula is C15H20IN3. The van der Waals surface area contributed by atoms with E-state index in [-0.39, 0.29) is 0 Å². The van der Waals surface area contributed by atoms with Gasteiger partial charge in [0.2, 0.25) is 0 Å². The molecular weight excluding hydrogens is 349 g/mol. The van der Waals surface area contributed by atoms with Crippen LogP contribution in [-0.2, 0) is 13.0 Å². The van der Waals surface area contributed by atoms with Gasteiger partial charge >= 0.3 is 0 Å². The van der Waals surface area contributed by atoms with Crippen LogP contribution in [0.1, 0.15) is 29.7 Å². The number of nitrogens with zero attached hydrogens (tertiary/aromatic N) is 2. The number of hydrogen-bond donors (Lipinski definition) is 1. The molecule has 0 fully saturated rings. The van der Waals surface area contributed by atoms with Crippen LogP contribution in [0.2, 0.25) is 0 Å². The fraction of sp³-hybridized carbons (Fsp3) is 0.400. The number of likely N-dealkylation sites (N-methyl/N-ethyl adjacent to an activating group) is 1. The summed E-state index contributed by atoms with van der Waals surface area (Å²) < 4.78 is 3.32. The van der Waals surface area contributed by atoms with Crippen molar-refractivity contribution >= 4 is 22.6 Å². The first-order valence-corrected chi connectivity index (χ1v) is 7.67. The molecule has 0 bridgehead atoms. The van der Waals surface area contributed by atoms with Gasteiger partial charge in [-0.2, -0.15) is 5.10 Å². The van der Waals surface area contributed by atoms with Crippen LogP contribution in [0.15, 0.2) is 30.6 Å². The number of nitrogens with one attached hydrogen (secondary N) is 1. The molecule has 1 heterocycles. The molecule has 0 spiro atoms. The van der Waals surface area contributed by atoms with Gasteiger partial charge in [0.15, 0.2) is 0 Å². The fourth-order valence-electron chi connectivity index (χ4n) is 2.23. The van der Waals surface area contributed by atoms with E-state index in [1.54, 1.807) is 0 Å². The van der Waals surface area contributed by atoms with Crippen LogP contribution in [0.3, 0.4) is 0 Å². The van der Waals surface area contributed by atoms with E-state index in [2.05, 4.69) is 71.2 Å². The van der Waals surface area contributed by atoms with Crippen molar-refractivity contribution in [2.45, 2.75) is 32.9 Å². The maximum absolute atomic E-state index is 4.34. The lowest BCUT2D eigenvalue weighted by molar-refractivity contribution is 0.587. The van der Waals surface area contributed by atoms with Gasteiger partial charge in [-0.05, 0) is 66.6 Å². The molecule has 1 N–H and O–H groups in total. The molecule has 0 aliphatic heterocycles. The van der Waals surface area contributed by atoms with Gasteiger partial charge in [0.05, 0.1) is 6.20 Å². The van der Waals surface area contributed by atoms with Crippen molar-refractivity contribution in [1.82, 2.24) is 15.1 Å². The SMILES string of the molecule is CCn1cc(CC(NC)c2cccc(C)c2I)cn1. The Morgan fingerprint density at radius 2 is 2.21 bits per heavy atom. The van der Waals surface area contributed by atoms with Gasteiger partial charge in [0.25, 0.3) is 0 Å². The number of halogens is 1. The third-order valence-corrected chi connectivity index (χ3v) is 4.87. The molecule has 0 radical (unpaired) electrons. The maximum Gasteiger partial charge on any atom is 0.0522 e. The minimum absolute atomic E-state index is 0.335. The molecule has 4 heteroatoms. The third-order valence-electron chi connectivity index (χ3n) is 3.40. The molecule has 1 aromatic carbocycles. The lowest BCUT2D eigenvalue weighted by atomic mass is 9.99. The number of aryl methyl sites for hydroxylation is 2. The zero-order valence-electron chi connectivity index (χ0n) is 11.7. The van der Waals surface area contributed by atoms with Gasteiger partial charge < -0.3 is 5.32 Å². The Morgan fingerprint density at radius 1 is 1.42 bits per heavy atom. The van der Waals surface area contributed by atoms with Gasteiger partial charge in [0.1, 0.15) is 0 Å². The first-order valence-electron chi connectivity index (χ1n) is 6.59. The van der Waals surface area contributed by atoms with Crippen LogP contribution in [0, 0.1) is 10.5 Å². The van der Waals surface area contributed by atoms with Crippen molar-refractivity contribution in [2.24, 2.45) is 0 Å². The number of hydrogen-bond acceptors (Lipinski definition) is 2. The van der Waals surface area contributed by atoms with Crippen LogP contribution in [-0.4, -0.2) is 16.8 Å². The average Bonchev–Trinajstić information content (AvgIpc) is 2.87. The summed E-state index contributed by atoms with van der Waals surface area (Å²) in [6, 6.07) is 6.83. The van der Waals surface area contributed by atoms with E-state index in [0.717, 1.165) is 13.0 Å². The van der Waals surface area contributed by atoms with Gasteiger partial charge in [-0.15, -0.1) is 0 Å². The number of benzene rings is 1. The monoisotopic (exact) mass is 369 g/mol. The first kappa shape index (κ1) is 14.5. The van der Waals surface area contributed by atoms with E-state index in [1.165, 1.54) is 20.3 Å². The zero-order chi connectivity index (χ0) is 13.8. The molecule has 0 saturated heterocycles. The Labute approximate surface area is 128 Å². The molecule has 1 unspecified atom stereocenters. The lowest BCUT2D eigenvalue weighted by Crippen LogP contribution is -2.20. The molecule has 3 nitrogen and oxygen atoms in total. The van der Waals surface area contributed by atoms with E-state index in [0.29, 0.717) is 6.04 Å². The molecule has 2 aromatic rings. The summed E-state index contributed by atoms with van der Waals surface area (Å²) in [6.07, 6.45) is 5.07. The van der Waals surface area contributed by atoms with Crippen molar-refractivity contribution in [3.63, 3.8) is 0 Å². The summed E-state index contributed by atoms with van der Waals surface area (Å²) in [4.78, 5) is 0. The second kappa shape index (κ2) is 6.52. The van der Waals surface area contributed by atoms with Gasteiger partial charge in [0, 0.05) is 22.4 Å². The van der Waals surface area contributed by atoms with Crippen LogP contribution in [0.5, 0.6) is 0 Å². The Kier molecular flexibility index (Phi) is 4.99. The summed E-state index contributed by atoms with van der Waals surface area (Å²) in [5.74, 6) is 0. The van der Waals surface area contributed by atoms with Crippen LogP contribution < -0.4 is 5.32 Å². The van der Waals surface area contributed by atoms with E-state index >= 15 is 0 Å². The fourth-order valence-corrected chi connectivity index (χ4v) is 2.96. The lowest BCUT2D eigenvalue weighted by Gasteiger charge is -2.18. The van der Waals surface area contributed by atoms with E-state index in [9.17, 15) is 0 Å². The highest BCUT2D eigenvalue weighted by atomic mass is 127. The minimum atomic E-state index is 0.335. The summed E-state index contributed by atoms with van der Waals surface area (Å²) in [5, 5.41) is 7.76. The summed E-state index contributed by atoms with van der Waals surface area (Å²) in [7, 11) is 2.02. The molecule has 2 rings (SSSR count). The van der Waals surface area contributed by atoms with Crippen molar-refractivity contribution in [3.05, 3.63) is 50.9 Å². The van der Waals surface area contributed by atoms with E-state index in [4.69, 9.17) is 0 Å². The molecule has 19 heavy (non-hydrogen) atoms. The van der Waals surface area contributed by atoms with E-state index < -0.39 is 0 Å². The Balaban J connectivity index is 2.22. The quantitative estimate of drug-likeness (QED) is 0.820. The molecule has 0 amide bonds. The smallest absolute Gasteiger partial charge is 0.0522 e. The number of rotatable bonds is 5. The van der Waals surface area contributed by atoms with Gasteiger partial charge in [-0.3, -0.25) is 4.68 Å². The van der Waals surface area contributed by atoms with E-state index in [1.807, 2.05) is 17.9 Å². The summed E-state index contributed by atoms with van der Waals surface area (Å²) >= 11 is 2.44. The normalized spacial score (nSPS) is 12.6.